The SMILES string of the molecule is CCN(CC)C[C@H]1[C@@H](O)[C@@]2(O)c3c(cc(OC)nc3OC)O[C@@]2(c2ccc(C#N)cc2)[C@@H]1c1ccccc1. The fourth-order valence-electron chi connectivity index (χ4n) is 6.44. The van der Waals surface area contributed by atoms with Gasteiger partial charge in [-0.25, -0.2) is 0 Å². The number of hydrogen-bond donors (Lipinski definition) is 2. The molecule has 2 aromatic carbocycles. The van der Waals surface area contributed by atoms with Crippen LogP contribution in [0.5, 0.6) is 17.5 Å². The van der Waals surface area contributed by atoms with Crippen molar-refractivity contribution in [3.8, 4) is 23.6 Å². The summed E-state index contributed by atoms with van der Waals surface area (Å²) in [6.45, 7) is 6.30. The van der Waals surface area contributed by atoms with Crippen LogP contribution in [-0.4, -0.2) is 60.1 Å². The number of rotatable bonds is 8. The molecule has 5 rings (SSSR count). The van der Waals surface area contributed by atoms with Crippen molar-refractivity contribution in [2.45, 2.75) is 37.1 Å². The van der Waals surface area contributed by atoms with Crippen LogP contribution >= 0.6 is 0 Å². The molecular weight excluding hydrogens is 482 g/mol. The van der Waals surface area contributed by atoms with Crippen molar-refractivity contribution >= 4 is 0 Å². The third-order valence-electron chi connectivity index (χ3n) is 8.21. The summed E-state index contributed by atoms with van der Waals surface area (Å²) < 4.78 is 17.9. The number of benzene rings is 2. The Morgan fingerprint density at radius 2 is 1.74 bits per heavy atom. The molecule has 2 aliphatic rings. The maximum absolute atomic E-state index is 12.9. The summed E-state index contributed by atoms with van der Waals surface area (Å²) in [5.74, 6) is -0.128. The Hall–Kier alpha value is -3.64. The Morgan fingerprint density at radius 3 is 2.32 bits per heavy atom. The number of pyridine rings is 1. The van der Waals surface area contributed by atoms with E-state index < -0.39 is 29.1 Å². The lowest BCUT2D eigenvalue weighted by atomic mass is 9.70. The first-order chi connectivity index (χ1) is 18.4. The highest BCUT2D eigenvalue weighted by molar-refractivity contribution is 5.60. The van der Waals surface area contributed by atoms with Crippen molar-refractivity contribution in [3.63, 3.8) is 0 Å². The minimum Gasteiger partial charge on any atom is -0.481 e. The molecule has 1 fully saturated rings. The zero-order valence-corrected chi connectivity index (χ0v) is 22.1. The number of fused-ring (bicyclic) bond motifs is 3. The van der Waals surface area contributed by atoms with Gasteiger partial charge in [0.05, 0.1) is 37.5 Å². The van der Waals surface area contributed by atoms with Crippen molar-refractivity contribution in [3.05, 3.63) is 82.9 Å². The smallest absolute Gasteiger partial charge is 0.226 e. The number of hydrogen-bond acceptors (Lipinski definition) is 8. The average molecular weight is 516 g/mol. The van der Waals surface area contributed by atoms with Crippen LogP contribution in [0.25, 0.3) is 0 Å². The van der Waals surface area contributed by atoms with Gasteiger partial charge in [0, 0.05) is 24.4 Å². The van der Waals surface area contributed by atoms with Crippen molar-refractivity contribution in [1.29, 1.82) is 5.26 Å². The molecule has 0 radical (unpaired) electrons. The second-order valence-corrected chi connectivity index (χ2v) is 9.82. The first-order valence-corrected chi connectivity index (χ1v) is 12.9. The van der Waals surface area contributed by atoms with Gasteiger partial charge in [-0.15, -0.1) is 0 Å². The Kier molecular flexibility index (Phi) is 6.78. The largest absolute Gasteiger partial charge is 0.481 e. The fraction of sp³-hybridized carbons (Fsp3) is 0.400. The predicted molar refractivity (Wildman–Crippen MR) is 141 cm³/mol. The maximum Gasteiger partial charge on any atom is 0.226 e. The highest BCUT2D eigenvalue weighted by atomic mass is 16.5. The summed E-state index contributed by atoms with van der Waals surface area (Å²) in [7, 11) is 2.97. The topological polar surface area (TPSA) is 108 Å². The molecule has 2 N–H and O–H groups in total. The molecule has 5 atom stereocenters. The molecule has 0 amide bonds. The van der Waals surface area contributed by atoms with Crippen LogP contribution in [0.3, 0.4) is 0 Å². The van der Waals surface area contributed by atoms with Gasteiger partial charge in [-0.1, -0.05) is 56.3 Å². The van der Waals surface area contributed by atoms with Crippen LogP contribution in [0.4, 0.5) is 0 Å². The van der Waals surface area contributed by atoms with Gasteiger partial charge < -0.3 is 29.3 Å². The summed E-state index contributed by atoms with van der Waals surface area (Å²) in [4.78, 5) is 6.68. The molecule has 1 aliphatic heterocycles. The van der Waals surface area contributed by atoms with E-state index in [0.717, 1.165) is 18.7 Å². The first kappa shape index (κ1) is 26.0. The van der Waals surface area contributed by atoms with Crippen LogP contribution in [0.2, 0.25) is 0 Å². The molecule has 8 heteroatoms. The number of aromatic nitrogens is 1. The highest BCUT2D eigenvalue weighted by Gasteiger charge is 2.77. The Morgan fingerprint density at radius 1 is 1.05 bits per heavy atom. The van der Waals surface area contributed by atoms with Crippen LogP contribution in [0.15, 0.2) is 60.7 Å². The predicted octanol–water partition coefficient (Wildman–Crippen LogP) is 3.56. The second-order valence-electron chi connectivity index (χ2n) is 9.82. The molecule has 1 aromatic heterocycles. The van der Waals surface area contributed by atoms with E-state index in [-0.39, 0.29) is 11.8 Å². The minimum atomic E-state index is -1.92. The molecule has 38 heavy (non-hydrogen) atoms. The van der Waals surface area contributed by atoms with Gasteiger partial charge in [0.25, 0.3) is 0 Å². The van der Waals surface area contributed by atoms with E-state index in [1.54, 1.807) is 30.3 Å². The lowest BCUT2D eigenvalue weighted by molar-refractivity contribution is -0.152. The van der Waals surface area contributed by atoms with E-state index >= 15 is 0 Å². The van der Waals surface area contributed by atoms with Gasteiger partial charge in [-0.05, 0) is 36.3 Å². The molecule has 3 aromatic rings. The number of aliphatic hydroxyl groups is 2. The zero-order chi connectivity index (χ0) is 27.1. The molecular formula is C30H33N3O5. The number of aliphatic hydroxyl groups excluding tert-OH is 1. The molecule has 0 bridgehead atoms. The van der Waals surface area contributed by atoms with E-state index in [1.165, 1.54) is 14.2 Å². The van der Waals surface area contributed by atoms with Crippen molar-refractivity contribution in [2.24, 2.45) is 5.92 Å². The van der Waals surface area contributed by atoms with Gasteiger partial charge in [0.15, 0.2) is 11.2 Å². The van der Waals surface area contributed by atoms with Crippen molar-refractivity contribution in [2.75, 3.05) is 33.9 Å². The zero-order valence-electron chi connectivity index (χ0n) is 22.1. The van der Waals surface area contributed by atoms with Gasteiger partial charge in [0.2, 0.25) is 11.8 Å². The quantitative estimate of drug-likeness (QED) is 0.469. The van der Waals surface area contributed by atoms with Gasteiger partial charge in [0.1, 0.15) is 5.75 Å². The molecule has 0 spiro atoms. The van der Waals surface area contributed by atoms with E-state index in [4.69, 9.17) is 14.2 Å². The first-order valence-electron chi connectivity index (χ1n) is 12.9. The van der Waals surface area contributed by atoms with E-state index in [1.807, 2.05) is 30.3 Å². The Labute approximate surface area is 223 Å². The van der Waals surface area contributed by atoms with Crippen LogP contribution in [0, 0.1) is 17.2 Å². The third-order valence-corrected chi connectivity index (χ3v) is 8.21. The lowest BCUT2D eigenvalue weighted by Crippen LogP contribution is -2.52. The van der Waals surface area contributed by atoms with Crippen LogP contribution in [-0.2, 0) is 11.2 Å². The number of ether oxygens (including phenoxy) is 3. The summed E-state index contributed by atoms with van der Waals surface area (Å²) in [6.07, 6.45) is -1.23. The molecule has 8 nitrogen and oxygen atoms in total. The van der Waals surface area contributed by atoms with E-state index in [0.29, 0.717) is 29.0 Å². The monoisotopic (exact) mass is 515 g/mol. The minimum absolute atomic E-state index is 0.131. The second kappa shape index (κ2) is 9.91. The molecule has 0 unspecified atom stereocenters. The molecule has 1 aliphatic carbocycles. The maximum atomic E-state index is 12.9. The molecule has 1 saturated carbocycles. The lowest BCUT2D eigenvalue weighted by Gasteiger charge is -2.41. The molecule has 0 saturated heterocycles. The highest BCUT2D eigenvalue weighted by Crippen LogP contribution is 2.69. The van der Waals surface area contributed by atoms with Gasteiger partial charge in [-0.3, -0.25) is 0 Å². The molecule has 2 heterocycles. The number of nitrogens with zero attached hydrogens (tertiary/aromatic N) is 3. The summed E-state index contributed by atoms with van der Waals surface area (Å²) in [5, 5.41) is 34.5. The fourth-order valence-corrected chi connectivity index (χ4v) is 6.44. The Balaban J connectivity index is 1.84. The number of nitriles is 1. The standard InChI is InChI=1S/C30H33N3O5/c1-5-33(6-2)18-22-25(20-10-8-7-9-11-20)30(21-14-12-19(17-31)13-15-21)29(35,27(22)34)26-23(38-30)16-24(36-3)32-28(26)37-4/h7-16,22,25,27,34-35H,5-6,18H2,1-4H3/t22-,25-,27-,29+,30+/m1/s1. The van der Waals surface area contributed by atoms with Crippen molar-refractivity contribution < 1.29 is 24.4 Å². The van der Waals surface area contributed by atoms with Crippen LogP contribution in [0.1, 0.15) is 42.0 Å². The van der Waals surface area contributed by atoms with Gasteiger partial charge in [-0.2, -0.15) is 10.2 Å². The van der Waals surface area contributed by atoms with E-state index in [2.05, 4.69) is 29.8 Å². The van der Waals surface area contributed by atoms with Crippen molar-refractivity contribution in [1.82, 2.24) is 9.88 Å². The normalized spacial score (nSPS) is 27.4. The van der Waals surface area contributed by atoms with Crippen LogP contribution < -0.4 is 14.2 Å². The summed E-state index contributed by atoms with van der Waals surface area (Å²) in [6, 6.07) is 20.6. The van der Waals surface area contributed by atoms with E-state index in [9.17, 15) is 15.5 Å². The molecule has 198 valence electrons. The summed E-state index contributed by atoms with van der Waals surface area (Å²) >= 11 is 0. The summed E-state index contributed by atoms with van der Waals surface area (Å²) in [5.41, 5.74) is -1.01. The number of methoxy groups -OCH3 is 2. The third kappa shape index (κ3) is 3.57. The van der Waals surface area contributed by atoms with Gasteiger partial charge >= 0.3 is 0 Å². The average Bonchev–Trinajstić information content (AvgIpc) is 3.33. The Bertz CT molecular complexity index is 1340.